The van der Waals surface area contributed by atoms with Crippen LogP contribution in [0.25, 0.3) is 10.9 Å². The number of fused-ring (bicyclic) bond motifs is 1. The predicted molar refractivity (Wildman–Crippen MR) is 69.6 cm³/mol. The fraction of sp³-hybridized carbons (Fsp3) is 0.385. The van der Waals surface area contributed by atoms with Gasteiger partial charge in [0.25, 0.3) is 0 Å². The quantitative estimate of drug-likeness (QED) is 0.798. The summed E-state index contributed by atoms with van der Waals surface area (Å²) in [5, 5.41) is 18.6. The molecule has 1 aromatic carbocycles. The molecule has 0 amide bonds. The van der Waals surface area contributed by atoms with Crippen molar-refractivity contribution in [1.29, 1.82) is 5.41 Å². The van der Waals surface area contributed by atoms with Crippen LogP contribution in [-0.2, 0) is 6.42 Å². The Morgan fingerprint density at radius 2 is 2.06 bits per heavy atom. The molecule has 0 bridgehead atoms. The van der Waals surface area contributed by atoms with E-state index in [0.717, 1.165) is 17.7 Å². The maximum atomic E-state index is 10.1. The van der Waals surface area contributed by atoms with Gasteiger partial charge in [-0.3, -0.25) is 5.41 Å². The van der Waals surface area contributed by atoms with E-state index in [1.165, 1.54) is 0 Å². The molecule has 18 heavy (non-hydrogen) atoms. The Morgan fingerprint density at radius 3 is 2.78 bits per heavy atom. The average Bonchev–Trinajstić information content (AvgIpc) is 2.35. The molecule has 0 saturated carbocycles. The summed E-state index contributed by atoms with van der Waals surface area (Å²) in [7, 11) is 4.02. The van der Waals surface area contributed by atoms with Gasteiger partial charge in [0, 0.05) is 11.8 Å². The highest BCUT2D eigenvalue weighted by molar-refractivity contribution is 5.77. The van der Waals surface area contributed by atoms with Crippen LogP contribution < -0.4 is 5.49 Å². The van der Waals surface area contributed by atoms with Gasteiger partial charge < -0.3 is 10.1 Å². The third kappa shape index (κ3) is 2.51. The minimum atomic E-state index is 0.218. The van der Waals surface area contributed by atoms with Gasteiger partial charge in [-0.05, 0) is 39.2 Å². The van der Waals surface area contributed by atoms with Crippen molar-refractivity contribution in [3.05, 3.63) is 35.6 Å². The first kappa shape index (κ1) is 12.6. The number of hydrogen-bond donors (Lipinski definition) is 2. The van der Waals surface area contributed by atoms with Gasteiger partial charge in [-0.2, -0.15) is 4.73 Å². The minimum Gasteiger partial charge on any atom is -0.427 e. The van der Waals surface area contributed by atoms with Gasteiger partial charge >= 0.3 is 0 Å². The first-order valence-corrected chi connectivity index (χ1v) is 5.99. The smallest absolute Gasteiger partial charge is 0.156 e. The van der Waals surface area contributed by atoms with Crippen molar-refractivity contribution < 1.29 is 5.21 Å². The summed E-state index contributed by atoms with van der Waals surface area (Å²) in [5.74, 6) is 0.542. The molecule has 5 nitrogen and oxygen atoms in total. The fourth-order valence-electron chi connectivity index (χ4n) is 1.95. The zero-order chi connectivity index (χ0) is 13.1. The highest BCUT2D eigenvalue weighted by Gasteiger charge is 2.07. The number of nitrogens with one attached hydrogen (secondary N) is 1. The predicted octanol–water partition coefficient (Wildman–Crippen LogP) is 1.25. The molecule has 0 saturated heterocycles. The first-order chi connectivity index (χ1) is 8.59. The van der Waals surface area contributed by atoms with Gasteiger partial charge in [0.1, 0.15) is 5.82 Å². The third-order valence-electron chi connectivity index (χ3n) is 2.88. The molecule has 0 atom stereocenters. The number of nitrogens with zero attached hydrogens (tertiary/aromatic N) is 3. The van der Waals surface area contributed by atoms with Crippen LogP contribution in [0, 0.1) is 5.41 Å². The van der Waals surface area contributed by atoms with Crippen molar-refractivity contribution in [2.75, 3.05) is 20.6 Å². The lowest BCUT2D eigenvalue weighted by Gasteiger charge is -2.12. The van der Waals surface area contributed by atoms with E-state index in [9.17, 15) is 5.21 Å². The molecule has 0 aliphatic heterocycles. The first-order valence-electron chi connectivity index (χ1n) is 5.99. The van der Waals surface area contributed by atoms with Gasteiger partial charge in [-0.25, -0.2) is 4.98 Å². The van der Waals surface area contributed by atoms with Crippen LogP contribution in [0.1, 0.15) is 12.2 Å². The Hall–Kier alpha value is -1.88. The topological polar surface area (TPSA) is 65.1 Å². The van der Waals surface area contributed by atoms with E-state index in [4.69, 9.17) is 5.41 Å². The van der Waals surface area contributed by atoms with Crippen molar-refractivity contribution in [3.63, 3.8) is 0 Å². The van der Waals surface area contributed by atoms with Crippen LogP contribution in [0.15, 0.2) is 24.3 Å². The average molecular weight is 246 g/mol. The number of rotatable bonds is 4. The molecule has 5 heteroatoms. The van der Waals surface area contributed by atoms with Crippen LogP contribution in [0.2, 0.25) is 0 Å². The molecule has 0 spiro atoms. The molecule has 0 fully saturated rings. The monoisotopic (exact) mass is 246 g/mol. The van der Waals surface area contributed by atoms with Gasteiger partial charge in [0.15, 0.2) is 5.49 Å². The third-order valence-corrected chi connectivity index (χ3v) is 2.88. The summed E-state index contributed by atoms with van der Waals surface area (Å²) >= 11 is 0. The van der Waals surface area contributed by atoms with E-state index in [-0.39, 0.29) is 5.49 Å². The molecule has 2 rings (SSSR count). The second-order valence-corrected chi connectivity index (χ2v) is 4.61. The van der Waals surface area contributed by atoms with Gasteiger partial charge in [0.2, 0.25) is 0 Å². The maximum Gasteiger partial charge on any atom is 0.156 e. The van der Waals surface area contributed by atoms with E-state index >= 15 is 0 Å². The van der Waals surface area contributed by atoms with Crippen molar-refractivity contribution in [3.8, 4) is 0 Å². The maximum absolute atomic E-state index is 10.1. The molecule has 2 N–H and O–H groups in total. The van der Waals surface area contributed by atoms with Crippen molar-refractivity contribution in [1.82, 2.24) is 14.6 Å². The second-order valence-electron chi connectivity index (χ2n) is 4.61. The lowest BCUT2D eigenvalue weighted by Crippen LogP contribution is -2.20. The summed E-state index contributed by atoms with van der Waals surface area (Å²) in [6.45, 7) is 0.932. The number of aryl methyl sites for hydroxylation is 1. The number of para-hydroxylation sites is 1. The molecule has 0 aliphatic carbocycles. The van der Waals surface area contributed by atoms with Crippen molar-refractivity contribution in [2.24, 2.45) is 0 Å². The number of benzene rings is 1. The standard InChI is InChI=1S/C13H18N4O/c1-16(2)9-5-8-12-15-13(14)10-6-3-4-7-11(10)17(12)18/h3-4,6-7,14,18H,5,8-9H2,1-2H3. The molecule has 0 unspecified atom stereocenters. The van der Waals surface area contributed by atoms with Crippen molar-refractivity contribution in [2.45, 2.75) is 12.8 Å². The molecular weight excluding hydrogens is 228 g/mol. The SMILES string of the molecule is CN(C)CCCc1nc(=N)c2ccccc2n1O. The van der Waals surface area contributed by atoms with E-state index in [2.05, 4.69) is 9.88 Å². The van der Waals surface area contributed by atoms with Crippen LogP contribution in [0.4, 0.5) is 0 Å². The van der Waals surface area contributed by atoms with E-state index in [1.54, 1.807) is 12.1 Å². The lowest BCUT2D eigenvalue weighted by atomic mass is 10.2. The molecule has 1 heterocycles. The Labute approximate surface area is 106 Å². The largest absolute Gasteiger partial charge is 0.427 e. The summed E-state index contributed by atoms with van der Waals surface area (Å²) in [6, 6.07) is 7.28. The number of hydrogen-bond acceptors (Lipinski definition) is 4. The van der Waals surface area contributed by atoms with E-state index in [0.29, 0.717) is 23.1 Å². The molecule has 1 aromatic heterocycles. The molecule has 0 aliphatic rings. The summed E-state index contributed by atoms with van der Waals surface area (Å²) in [4.78, 5) is 6.25. The van der Waals surface area contributed by atoms with Crippen LogP contribution in [0.3, 0.4) is 0 Å². The summed E-state index contributed by atoms with van der Waals surface area (Å²) in [5.41, 5.74) is 0.855. The second kappa shape index (κ2) is 5.18. The Bertz CT molecular complexity index is 603. The molecular formula is C13H18N4O. The van der Waals surface area contributed by atoms with Crippen molar-refractivity contribution >= 4 is 10.9 Å². The van der Waals surface area contributed by atoms with Crippen LogP contribution >= 0.6 is 0 Å². The molecule has 96 valence electrons. The normalized spacial score (nSPS) is 11.3. The fourth-order valence-corrected chi connectivity index (χ4v) is 1.95. The zero-order valence-corrected chi connectivity index (χ0v) is 10.7. The Kier molecular flexibility index (Phi) is 3.62. The highest BCUT2D eigenvalue weighted by atomic mass is 16.5. The van der Waals surface area contributed by atoms with E-state index < -0.39 is 0 Å². The summed E-state index contributed by atoms with van der Waals surface area (Å²) in [6.07, 6.45) is 1.56. The molecule has 2 aromatic rings. The Morgan fingerprint density at radius 1 is 1.33 bits per heavy atom. The van der Waals surface area contributed by atoms with Crippen LogP contribution in [0.5, 0.6) is 0 Å². The van der Waals surface area contributed by atoms with Gasteiger partial charge in [-0.1, -0.05) is 12.1 Å². The lowest BCUT2D eigenvalue weighted by molar-refractivity contribution is 0.182. The number of aromatic nitrogens is 2. The Balaban J connectivity index is 2.35. The van der Waals surface area contributed by atoms with Gasteiger partial charge in [-0.15, -0.1) is 0 Å². The van der Waals surface area contributed by atoms with Gasteiger partial charge in [0.05, 0.1) is 5.52 Å². The van der Waals surface area contributed by atoms with E-state index in [1.807, 2.05) is 26.2 Å². The highest BCUT2D eigenvalue weighted by Crippen LogP contribution is 2.10. The summed E-state index contributed by atoms with van der Waals surface area (Å²) < 4.78 is 1.10. The molecule has 0 radical (unpaired) electrons. The van der Waals surface area contributed by atoms with Crippen LogP contribution in [-0.4, -0.2) is 40.5 Å². The minimum absolute atomic E-state index is 0.218. The zero-order valence-electron chi connectivity index (χ0n) is 10.7.